The molecule has 0 amide bonds. The number of benzene rings is 12. The molecular formula is C68H44O10P2. The van der Waals surface area contributed by atoms with Crippen LogP contribution >= 0.6 is 16.5 Å². The monoisotopic (exact) mass is 1080 g/mol. The van der Waals surface area contributed by atoms with Gasteiger partial charge in [-0.15, -0.1) is 0 Å². The van der Waals surface area contributed by atoms with E-state index in [1.54, 1.807) is 0 Å². The van der Waals surface area contributed by atoms with Crippen molar-refractivity contribution in [3.05, 3.63) is 218 Å². The fourth-order valence-electron chi connectivity index (χ4n) is 11.6. The summed E-state index contributed by atoms with van der Waals surface area (Å²) in [7, 11) is -4.64. The summed E-state index contributed by atoms with van der Waals surface area (Å²) in [5.74, 6) is 2.55. The molecule has 0 aliphatic carbocycles. The molecule has 16 rings (SSSR count). The summed E-state index contributed by atoms with van der Waals surface area (Å²) in [6.45, 7) is 1.12. The van der Waals surface area contributed by atoms with E-state index >= 15 is 0 Å². The lowest BCUT2D eigenvalue weighted by molar-refractivity contribution is 0.169. The zero-order chi connectivity index (χ0) is 52.7. The maximum atomic E-state index is 7.56. The van der Waals surface area contributed by atoms with Gasteiger partial charge in [-0.3, -0.25) is 0 Å². The van der Waals surface area contributed by atoms with E-state index in [0.717, 1.165) is 75.8 Å². The molecule has 0 fully saturated rings. The van der Waals surface area contributed by atoms with Gasteiger partial charge in [0.25, 0.3) is 0 Å². The molecule has 0 saturated heterocycles. The van der Waals surface area contributed by atoms with Crippen LogP contribution in [0.1, 0.15) is 0 Å². The maximum absolute atomic E-state index is 7.56. The van der Waals surface area contributed by atoms with Crippen molar-refractivity contribution in [1.29, 1.82) is 0 Å². The first kappa shape index (κ1) is 46.4. The normalized spacial score (nSPS) is 12.9. The molecule has 386 valence electrons. The molecular weight excluding hydrogens is 1040 g/mol. The van der Waals surface area contributed by atoms with Crippen LogP contribution in [-0.4, -0.2) is 26.4 Å². The number of hydrogen-bond donors (Lipinski definition) is 0. The molecule has 10 nitrogen and oxygen atoms in total. The summed E-state index contributed by atoms with van der Waals surface area (Å²) in [4.78, 5) is 0. The van der Waals surface area contributed by atoms with Gasteiger partial charge in [0.2, 0.25) is 0 Å². The Kier molecular flexibility index (Phi) is 11.0. The lowest BCUT2D eigenvalue weighted by Gasteiger charge is -2.29. The molecule has 12 heteroatoms. The van der Waals surface area contributed by atoms with Crippen molar-refractivity contribution in [3.8, 4) is 67.9 Å². The summed E-state index contributed by atoms with van der Waals surface area (Å²) in [6.07, 6.45) is 0. The standard InChI is InChI=1S/C68H44O10P2/c1-3-15-41(16-4-1)51-39-57-67(71-37-35-69-57)63(65(51)77-79-73-53-31-27-43-19-7-11-23-47(43)59(53)60-48-24-12-8-20-44(48)28-32-54(60)74-79)64-66(52(42-17-5-2-6-18-42)40-58-68(64)72-38-36-70-58)78-80-75-55-33-29-45-21-9-13-25-49(45)61(55)62-50-26-14-10-22-46(50)30-34-56(62)76-80/h1-34,39-40H,35-38H2. The largest absolute Gasteiger partial charge is 0.486 e. The van der Waals surface area contributed by atoms with E-state index in [-0.39, 0.29) is 13.2 Å². The van der Waals surface area contributed by atoms with Crippen molar-refractivity contribution < 1.29 is 44.8 Å². The zero-order valence-corrected chi connectivity index (χ0v) is 44.4. The van der Waals surface area contributed by atoms with Crippen LogP contribution in [0.2, 0.25) is 0 Å². The Morgan fingerprint density at radius 2 is 0.600 bits per heavy atom. The van der Waals surface area contributed by atoms with Crippen LogP contribution in [-0.2, 0) is 0 Å². The summed E-state index contributed by atoms with van der Waals surface area (Å²) >= 11 is 0. The fraction of sp³-hybridized carbons (Fsp3) is 0.0588. The highest BCUT2D eigenvalue weighted by Gasteiger charge is 2.36. The van der Waals surface area contributed by atoms with Crippen LogP contribution < -0.4 is 28.0 Å². The first-order valence-corrected chi connectivity index (χ1v) is 28.7. The van der Waals surface area contributed by atoms with Crippen LogP contribution in [0.3, 0.4) is 0 Å². The molecule has 0 N–H and O–H groups in total. The van der Waals surface area contributed by atoms with E-state index in [4.69, 9.17) is 44.8 Å². The van der Waals surface area contributed by atoms with Gasteiger partial charge >= 0.3 is 16.5 Å². The molecule has 0 bridgehead atoms. The van der Waals surface area contributed by atoms with E-state index in [9.17, 15) is 0 Å². The van der Waals surface area contributed by atoms with Gasteiger partial charge < -0.3 is 44.8 Å². The van der Waals surface area contributed by atoms with Gasteiger partial charge in [-0.1, -0.05) is 182 Å². The SMILES string of the molecule is c1ccc(-c2cc3c(c(-c4c5c(cc(-c6ccccc6)c4Op4oc6ccc7ccccc7c6c6c(ccc7ccccc76)o4)OCCO5)c2Op2oc4ccc5ccccc5c4c4c(ccc5ccccc54)o2)OCCO3)cc1. The number of hydrogen-bond acceptors (Lipinski definition) is 10. The van der Waals surface area contributed by atoms with Crippen molar-refractivity contribution >= 4 is 103 Å². The number of rotatable bonds is 7. The van der Waals surface area contributed by atoms with E-state index in [1.807, 2.05) is 121 Å². The van der Waals surface area contributed by atoms with Crippen LogP contribution in [0.15, 0.2) is 235 Å². The van der Waals surface area contributed by atoms with E-state index in [2.05, 4.69) is 97.1 Å². The molecule has 80 heavy (non-hydrogen) atoms. The third-order valence-electron chi connectivity index (χ3n) is 15.1. The molecule has 0 spiro atoms. The van der Waals surface area contributed by atoms with Gasteiger partial charge in [0.1, 0.15) is 48.8 Å². The molecule has 2 aromatic heterocycles. The van der Waals surface area contributed by atoms with Crippen LogP contribution in [0, 0.1) is 0 Å². The maximum Gasteiger partial charge on any atom is 0.453 e. The second-order valence-corrected chi connectivity index (χ2v) is 21.7. The topological polar surface area (TPSA) is 108 Å². The Morgan fingerprint density at radius 3 is 0.938 bits per heavy atom. The van der Waals surface area contributed by atoms with E-state index < -0.39 is 16.5 Å². The van der Waals surface area contributed by atoms with E-state index in [0.29, 0.717) is 92.3 Å². The van der Waals surface area contributed by atoms with Gasteiger partial charge in [-0.2, -0.15) is 0 Å². The molecule has 0 radical (unpaired) electrons. The lowest BCUT2D eigenvalue weighted by atomic mass is 9.91. The molecule has 2 aliphatic rings. The molecule has 4 heterocycles. The first-order chi connectivity index (χ1) is 39.7. The zero-order valence-electron chi connectivity index (χ0n) is 42.6. The first-order valence-electron chi connectivity index (χ1n) is 26.5. The Hall–Kier alpha value is -9.72. The average Bonchev–Trinajstić information content (AvgIpc) is 3.84. The van der Waals surface area contributed by atoms with E-state index in [1.165, 1.54) is 0 Å². The Labute approximate surface area is 458 Å². The van der Waals surface area contributed by atoms with Crippen LogP contribution in [0.25, 0.3) is 120 Å². The second kappa shape index (κ2) is 19.0. The van der Waals surface area contributed by atoms with Gasteiger partial charge in [-0.25, -0.2) is 0 Å². The Bertz CT molecular complexity index is 4410. The quantitative estimate of drug-likeness (QED) is 0.153. The minimum atomic E-state index is -2.32. The number of ether oxygens (including phenoxy) is 4. The number of fused-ring (bicyclic) bond motifs is 16. The van der Waals surface area contributed by atoms with Crippen LogP contribution in [0.4, 0.5) is 0 Å². The van der Waals surface area contributed by atoms with Crippen molar-refractivity contribution in [2.45, 2.75) is 0 Å². The van der Waals surface area contributed by atoms with Crippen molar-refractivity contribution in [1.82, 2.24) is 0 Å². The van der Waals surface area contributed by atoms with Gasteiger partial charge in [0.15, 0.2) is 34.5 Å². The molecule has 14 aromatic rings. The predicted octanol–water partition coefficient (Wildman–Crippen LogP) is 19.7. The summed E-state index contributed by atoms with van der Waals surface area (Å²) < 4.78 is 70.6. The lowest BCUT2D eigenvalue weighted by Crippen LogP contribution is -2.18. The summed E-state index contributed by atoms with van der Waals surface area (Å²) in [5, 5.41) is 12.0. The van der Waals surface area contributed by atoms with Crippen LogP contribution in [0.5, 0.6) is 34.5 Å². The molecule has 0 saturated carbocycles. The third kappa shape index (κ3) is 7.71. The van der Waals surface area contributed by atoms with Gasteiger partial charge in [0, 0.05) is 32.7 Å². The van der Waals surface area contributed by atoms with Crippen molar-refractivity contribution in [2.75, 3.05) is 26.4 Å². The molecule has 0 unspecified atom stereocenters. The molecule has 0 atom stereocenters. The Balaban J connectivity index is 1.02. The fourth-order valence-corrected chi connectivity index (χ4v) is 13.7. The predicted molar refractivity (Wildman–Crippen MR) is 319 cm³/mol. The average molecular weight is 1080 g/mol. The van der Waals surface area contributed by atoms with Gasteiger partial charge in [-0.05, 0) is 90.6 Å². The highest BCUT2D eigenvalue weighted by molar-refractivity contribution is 7.32. The minimum absolute atomic E-state index is 0.245. The molecule has 12 aromatic carbocycles. The minimum Gasteiger partial charge on any atom is -0.486 e. The van der Waals surface area contributed by atoms with Crippen molar-refractivity contribution in [3.63, 3.8) is 0 Å². The second-order valence-electron chi connectivity index (χ2n) is 19.7. The molecule has 2 aliphatic heterocycles. The van der Waals surface area contributed by atoms with Gasteiger partial charge in [0.05, 0.1) is 11.1 Å². The summed E-state index contributed by atoms with van der Waals surface area (Å²) in [5.41, 5.74) is 6.41. The highest BCUT2D eigenvalue weighted by atomic mass is 31.1. The smallest absolute Gasteiger partial charge is 0.453 e. The summed E-state index contributed by atoms with van der Waals surface area (Å²) in [6, 6.07) is 73.7. The Morgan fingerprint density at radius 1 is 0.300 bits per heavy atom. The highest BCUT2D eigenvalue weighted by Crippen LogP contribution is 2.62. The third-order valence-corrected chi connectivity index (χ3v) is 17.1. The van der Waals surface area contributed by atoms with Crippen molar-refractivity contribution in [2.24, 2.45) is 0 Å².